The first-order chi connectivity index (χ1) is 9.81. The molecule has 1 aromatic heterocycles. The number of amides is 1. The number of halogens is 2. The molecule has 2 rings (SSSR count). The molecular weight excluding hydrogens is 298 g/mol. The van der Waals surface area contributed by atoms with E-state index in [1.807, 2.05) is 0 Å². The zero-order valence-electron chi connectivity index (χ0n) is 11.3. The van der Waals surface area contributed by atoms with Gasteiger partial charge < -0.3 is 11.1 Å². The van der Waals surface area contributed by atoms with Crippen LogP contribution in [0.3, 0.4) is 0 Å². The van der Waals surface area contributed by atoms with Crippen LogP contribution in [0.1, 0.15) is 21.5 Å². The molecule has 3 N–H and O–H groups in total. The lowest BCUT2D eigenvalue weighted by molar-refractivity contribution is 0.102. The van der Waals surface area contributed by atoms with Crippen molar-refractivity contribution in [2.75, 3.05) is 5.32 Å². The van der Waals surface area contributed by atoms with Crippen LogP contribution in [0.15, 0.2) is 18.3 Å². The summed E-state index contributed by atoms with van der Waals surface area (Å²) in [4.78, 5) is 12.2. The van der Waals surface area contributed by atoms with Crippen molar-refractivity contribution in [3.8, 4) is 0 Å². The third-order valence-electron chi connectivity index (χ3n) is 2.93. The SMILES string of the molecule is Cc1cc(C(=O)Nc2c(C(N)=S)cnn2C)c(F)cc1F. The van der Waals surface area contributed by atoms with Crippen molar-refractivity contribution in [1.82, 2.24) is 9.78 Å². The zero-order chi connectivity index (χ0) is 15.7. The number of aryl methyl sites for hydroxylation is 2. The molecule has 0 saturated carbocycles. The van der Waals surface area contributed by atoms with E-state index in [9.17, 15) is 13.6 Å². The summed E-state index contributed by atoms with van der Waals surface area (Å²) >= 11 is 4.85. The summed E-state index contributed by atoms with van der Waals surface area (Å²) in [6.07, 6.45) is 1.39. The second-order valence-electron chi connectivity index (χ2n) is 4.43. The van der Waals surface area contributed by atoms with E-state index in [2.05, 4.69) is 10.4 Å². The maximum atomic E-state index is 13.7. The minimum Gasteiger partial charge on any atom is -0.389 e. The largest absolute Gasteiger partial charge is 0.389 e. The lowest BCUT2D eigenvalue weighted by Crippen LogP contribution is -2.20. The molecule has 0 fully saturated rings. The average Bonchev–Trinajstić information content (AvgIpc) is 2.75. The zero-order valence-corrected chi connectivity index (χ0v) is 12.1. The van der Waals surface area contributed by atoms with Crippen LogP contribution in [0.5, 0.6) is 0 Å². The molecule has 5 nitrogen and oxygen atoms in total. The topological polar surface area (TPSA) is 72.9 Å². The molecule has 0 aliphatic rings. The third kappa shape index (κ3) is 2.89. The second kappa shape index (κ2) is 5.57. The van der Waals surface area contributed by atoms with Gasteiger partial charge in [0, 0.05) is 13.1 Å². The van der Waals surface area contributed by atoms with Crippen LogP contribution in [0.4, 0.5) is 14.6 Å². The van der Waals surface area contributed by atoms with Crippen molar-refractivity contribution in [2.24, 2.45) is 12.8 Å². The third-order valence-corrected chi connectivity index (χ3v) is 3.15. The molecule has 0 atom stereocenters. The quantitative estimate of drug-likeness (QED) is 0.849. The summed E-state index contributed by atoms with van der Waals surface area (Å²) in [5, 5.41) is 6.39. The van der Waals surface area contributed by atoms with Gasteiger partial charge >= 0.3 is 0 Å². The summed E-state index contributed by atoms with van der Waals surface area (Å²) in [7, 11) is 1.57. The fourth-order valence-electron chi connectivity index (χ4n) is 1.77. The molecule has 0 unspecified atom stereocenters. The standard InChI is InChI=1S/C13H12F2N4OS/c1-6-3-7(10(15)4-9(6)14)13(20)18-12-8(11(16)21)5-17-19(12)2/h3-5H,1-2H3,(H2,16,21)(H,18,20). The Kier molecular flexibility index (Phi) is 3.99. The van der Waals surface area contributed by atoms with Gasteiger partial charge in [0.2, 0.25) is 0 Å². The molecule has 0 spiro atoms. The molecule has 110 valence electrons. The molecule has 1 amide bonds. The van der Waals surface area contributed by atoms with E-state index in [0.717, 1.165) is 6.07 Å². The van der Waals surface area contributed by atoms with Crippen LogP contribution in [0.2, 0.25) is 0 Å². The fourth-order valence-corrected chi connectivity index (χ4v) is 1.92. The second-order valence-corrected chi connectivity index (χ2v) is 4.87. The Balaban J connectivity index is 2.37. The Morgan fingerprint density at radius 2 is 2.00 bits per heavy atom. The van der Waals surface area contributed by atoms with E-state index in [-0.39, 0.29) is 21.9 Å². The highest BCUT2D eigenvalue weighted by molar-refractivity contribution is 7.80. The first-order valence-corrected chi connectivity index (χ1v) is 6.31. The van der Waals surface area contributed by atoms with E-state index in [0.29, 0.717) is 11.6 Å². The van der Waals surface area contributed by atoms with Gasteiger partial charge in [-0.2, -0.15) is 5.10 Å². The Morgan fingerprint density at radius 3 is 2.62 bits per heavy atom. The van der Waals surface area contributed by atoms with Gasteiger partial charge in [-0.05, 0) is 18.6 Å². The first kappa shape index (κ1) is 15.0. The van der Waals surface area contributed by atoms with Gasteiger partial charge in [0.15, 0.2) is 0 Å². The number of rotatable bonds is 3. The minimum atomic E-state index is -0.949. The Hall–Kier alpha value is -2.35. The Labute approximate surface area is 124 Å². The average molecular weight is 310 g/mol. The van der Waals surface area contributed by atoms with Gasteiger partial charge in [0.05, 0.1) is 17.3 Å². The molecule has 21 heavy (non-hydrogen) atoms. The van der Waals surface area contributed by atoms with E-state index in [4.69, 9.17) is 18.0 Å². The van der Waals surface area contributed by atoms with Crippen molar-refractivity contribution in [2.45, 2.75) is 6.92 Å². The fraction of sp³-hybridized carbons (Fsp3) is 0.154. The summed E-state index contributed by atoms with van der Waals surface area (Å²) in [5.74, 6) is -2.16. The highest BCUT2D eigenvalue weighted by Crippen LogP contribution is 2.18. The number of aromatic nitrogens is 2. The number of nitrogens with two attached hydrogens (primary N) is 1. The van der Waals surface area contributed by atoms with E-state index >= 15 is 0 Å². The van der Waals surface area contributed by atoms with Crippen molar-refractivity contribution < 1.29 is 13.6 Å². The van der Waals surface area contributed by atoms with Crippen LogP contribution < -0.4 is 11.1 Å². The number of benzene rings is 1. The highest BCUT2D eigenvalue weighted by atomic mass is 32.1. The maximum absolute atomic E-state index is 13.7. The number of nitrogens with one attached hydrogen (secondary N) is 1. The summed E-state index contributed by atoms with van der Waals surface area (Å²) < 4.78 is 28.3. The molecule has 2 aromatic rings. The smallest absolute Gasteiger partial charge is 0.259 e. The molecule has 0 radical (unpaired) electrons. The number of carbonyl (C=O) groups excluding carboxylic acids is 1. The lowest BCUT2D eigenvalue weighted by Gasteiger charge is -2.09. The molecule has 0 saturated heterocycles. The number of hydrogen-bond donors (Lipinski definition) is 2. The monoisotopic (exact) mass is 310 g/mol. The first-order valence-electron chi connectivity index (χ1n) is 5.90. The van der Waals surface area contributed by atoms with Crippen LogP contribution in [0, 0.1) is 18.6 Å². The Bertz CT molecular complexity index is 742. The number of anilines is 1. The van der Waals surface area contributed by atoms with Crippen LogP contribution in [0.25, 0.3) is 0 Å². The minimum absolute atomic E-state index is 0.0501. The van der Waals surface area contributed by atoms with Crippen LogP contribution in [-0.2, 0) is 7.05 Å². The molecule has 1 aromatic carbocycles. The van der Waals surface area contributed by atoms with Gasteiger partial charge in [0.25, 0.3) is 5.91 Å². The van der Waals surface area contributed by atoms with Crippen molar-refractivity contribution >= 4 is 28.9 Å². The van der Waals surface area contributed by atoms with Gasteiger partial charge in [-0.3, -0.25) is 9.48 Å². The van der Waals surface area contributed by atoms with Crippen LogP contribution in [-0.4, -0.2) is 20.7 Å². The van der Waals surface area contributed by atoms with Crippen molar-refractivity contribution in [1.29, 1.82) is 0 Å². The van der Waals surface area contributed by atoms with Gasteiger partial charge in [-0.15, -0.1) is 0 Å². The molecule has 8 heteroatoms. The Morgan fingerprint density at radius 1 is 1.33 bits per heavy atom. The number of carbonyl (C=O) groups is 1. The van der Waals surface area contributed by atoms with E-state index in [1.54, 1.807) is 7.05 Å². The van der Waals surface area contributed by atoms with E-state index in [1.165, 1.54) is 17.8 Å². The normalized spacial score (nSPS) is 10.5. The van der Waals surface area contributed by atoms with Crippen LogP contribution >= 0.6 is 12.2 Å². The van der Waals surface area contributed by atoms with Gasteiger partial charge in [0.1, 0.15) is 22.4 Å². The number of hydrogen-bond acceptors (Lipinski definition) is 3. The predicted molar refractivity (Wildman–Crippen MR) is 78.1 cm³/mol. The molecule has 0 aliphatic carbocycles. The van der Waals surface area contributed by atoms with Crippen molar-refractivity contribution in [3.63, 3.8) is 0 Å². The maximum Gasteiger partial charge on any atom is 0.259 e. The summed E-state index contributed by atoms with van der Waals surface area (Å²) in [6, 6.07) is 1.80. The number of thiocarbonyl (C=S) groups is 1. The molecule has 0 aliphatic heterocycles. The van der Waals surface area contributed by atoms with Crippen molar-refractivity contribution in [3.05, 3.63) is 46.7 Å². The number of nitrogens with zero attached hydrogens (tertiary/aromatic N) is 2. The predicted octanol–water partition coefficient (Wildman–Crippen LogP) is 1.89. The van der Waals surface area contributed by atoms with E-state index < -0.39 is 17.5 Å². The van der Waals surface area contributed by atoms with Gasteiger partial charge in [-0.1, -0.05) is 12.2 Å². The lowest BCUT2D eigenvalue weighted by atomic mass is 10.1. The molecule has 0 bridgehead atoms. The van der Waals surface area contributed by atoms with Gasteiger partial charge in [-0.25, -0.2) is 8.78 Å². The summed E-state index contributed by atoms with van der Waals surface area (Å²) in [5.41, 5.74) is 5.77. The molecule has 1 heterocycles. The highest BCUT2D eigenvalue weighted by Gasteiger charge is 2.18. The summed E-state index contributed by atoms with van der Waals surface area (Å²) in [6.45, 7) is 1.44. The molecular formula is C13H12F2N4OS.